The number of carbonyl (C=O) groups is 1. The highest BCUT2D eigenvalue weighted by molar-refractivity contribution is 6.10. The highest BCUT2D eigenvalue weighted by atomic mass is 19.1. The topological polar surface area (TPSA) is 40.9 Å². The molecule has 0 aliphatic carbocycles. The van der Waals surface area contributed by atoms with Gasteiger partial charge in [-0.15, -0.1) is 0 Å². The smallest absolute Gasteiger partial charge is 0.186 e. The van der Waals surface area contributed by atoms with Gasteiger partial charge >= 0.3 is 0 Å². The van der Waals surface area contributed by atoms with E-state index in [1.165, 1.54) is 18.2 Å². The molecule has 0 fully saturated rings. The van der Waals surface area contributed by atoms with Gasteiger partial charge < -0.3 is 0 Å². The molecule has 0 radical (unpaired) electrons. The summed E-state index contributed by atoms with van der Waals surface area (Å²) >= 11 is 0. The average Bonchev–Trinajstić information content (AvgIpc) is 2.66. The second-order valence-electron chi connectivity index (χ2n) is 5.49. The van der Waals surface area contributed by atoms with E-state index in [2.05, 4.69) is 6.07 Å². The molecule has 0 heterocycles. The average molecular weight is 327 g/mol. The minimum Gasteiger partial charge on any atom is -0.289 e. The van der Waals surface area contributed by atoms with Crippen molar-refractivity contribution >= 4 is 11.9 Å². The number of nitrogens with zero attached hydrogens (tertiary/aromatic N) is 1. The summed E-state index contributed by atoms with van der Waals surface area (Å²) < 4.78 is 13.5. The molecule has 0 unspecified atom stereocenters. The number of benzene rings is 3. The van der Waals surface area contributed by atoms with Crippen LogP contribution >= 0.6 is 0 Å². The lowest BCUT2D eigenvalue weighted by atomic mass is 9.96. The third kappa shape index (κ3) is 3.88. The van der Waals surface area contributed by atoms with Crippen LogP contribution in [0.3, 0.4) is 0 Å². The van der Waals surface area contributed by atoms with E-state index in [1.54, 1.807) is 60.7 Å². The van der Waals surface area contributed by atoms with Crippen LogP contribution in [-0.4, -0.2) is 5.78 Å². The molecule has 3 rings (SSSR count). The van der Waals surface area contributed by atoms with Crippen molar-refractivity contribution in [3.8, 4) is 17.2 Å². The molecule has 0 spiro atoms. The number of hydrogen-bond acceptors (Lipinski definition) is 2. The number of nitriles is 1. The summed E-state index contributed by atoms with van der Waals surface area (Å²) in [6, 6.07) is 22.3. The van der Waals surface area contributed by atoms with E-state index in [0.717, 1.165) is 5.56 Å². The van der Waals surface area contributed by atoms with Gasteiger partial charge in [-0.3, -0.25) is 4.79 Å². The number of carbonyl (C=O) groups excluding carboxylic acids is 1. The maximum absolute atomic E-state index is 13.5. The van der Waals surface area contributed by atoms with Crippen LogP contribution in [0.1, 0.15) is 21.5 Å². The van der Waals surface area contributed by atoms with Crippen molar-refractivity contribution in [2.75, 3.05) is 0 Å². The van der Waals surface area contributed by atoms with Gasteiger partial charge in [-0.2, -0.15) is 5.26 Å². The third-order valence-corrected chi connectivity index (χ3v) is 3.80. The van der Waals surface area contributed by atoms with Crippen LogP contribution in [0.4, 0.5) is 4.39 Å². The maximum atomic E-state index is 13.5. The Balaban J connectivity index is 1.90. The summed E-state index contributed by atoms with van der Waals surface area (Å²) in [6.07, 6.45) is 3.19. The molecule has 0 aromatic heterocycles. The van der Waals surface area contributed by atoms with Gasteiger partial charge in [-0.1, -0.05) is 54.6 Å². The molecule has 0 N–H and O–H groups in total. The van der Waals surface area contributed by atoms with E-state index in [0.29, 0.717) is 22.3 Å². The second kappa shape index (κ2) is 7.37. The molecule has 25 heavy (non-hydrogen) atoms. The van der Waals surface area contributed by atoms with E-state index >= 15 is 0 Å². The van der Waals surface area contributed by atoms with Crippen molar-refractivity contribution in [3.63, 3.8) is 0 Å². The molecule has 3 heteroatoms. The van der Waals surface area contributed by atoms with Crippen molar-refractivity contribution < 1.29 is 9.18 Å². The zero-order valence-corrected chi connectivity index (χ0v) is 13.3. The van der Waals surface area contributed by atoms with E-state index in [1.807, 2.05) is 6.07 Å². The van der Waals surface area contributed by atoms with Crippen LogP contribution in [0.5, 0.6) is 0 Å². The monoisotopic (exact) mass is 327 g/mol. The Bertz CT molecular complexity index is 981. The van der Waals surface area contributed by atoms with Gasteiger partial charge in [0, 0.05) is 5.56 Å². The number of ketones is 1. The number of rotatable bonds is 4. The second-order valence-corrected chi connectivity index (χ2v) is 5.49. The first-order chi connectivity index (χ1) is 12.2. The minimum atomic E-state index is -0.340. The molecular formula is C22H14FNO. The first-order valence-electron chi connectivity index (χ1n) is 7.75. The summed E-state index contributed by atoms with van der Waals surface area (Å²) in [6.45, 7) is 0. The Morgan fingerprint density at radius 2 is 1.72 bits per heavy atom. The van der Waals surface area contributed by atoms with Crippen molar-refractivity contribution in [2.45, 2.75) is 0 Å². The summed E-state index contributed by atoms with van der Waals surface area (Å²) in [5, 5.41) is 8.80. The van der Waals surface area contributed by atoms with Crippen LogP contribution in [0.2, 0.25) is 0 Å². The molecule has 0 saturated carbocycles. The predicted octanol–water partition coefficient (Wildman–Crippen LogP) is 5.26. The Hall–Kier alpha value is -3.51. The normalized spacial score (nSPS) is 10.6. The fraction of sp³-hybridized carbons (Fsp3) is 0. The van der Waals surface area contributed by atoms with Gasteiger partial charge in [0.25, 0.3) is 0 Å². The zero-order valence-electron chi connectivity index (χ0n) is 13.3. The Kier molecular flexibility index (Phi) is 4.82. The molecule has 2 nitrogen and oxygen atoms in total. The molecule has 0 amide bonds. The van der Waals surface area contributed by atoms with Crippen LogP contribution in [0.25, 0.3) is 17.2 Å². The summed E-state index contributed by atoms with van der Waals surface area (Å²) in [7, 11) is 0. The van der Waals surface area contributed by atoms with Crippen molar-refractivity contribution in [3.05, 3.63) is 101 Å². The first kappa shape index (κ1) is 16.4. The molecule has 0 aliphatic heterocycles. The van der Waals surface area contributed by atoms with Crippen LogP contribution in [0.15, 0.2) is 78.9 Å². The SMILES string of the molecule is N#Cc1ccc(C=CC(=O)c2ccccc2-c2cccc(F)c2)cc1. The van der Waals surface area contributed by atoms with Gasteiger partial charge in [0.2, 0.25) is 0 Å². The van der Waals surface area contributed by atoms with Crippen LogP contribution < -0.4 is 0 Å². The number of hydrogen-bond donors (Lipinski definition) is 0. The van der Waals surface area contributed by atoms with Gasteiger partial charge in [0.15, 0.2) is 5.78 Å². The predicted molar refractivity (Wildman–Crippen MR) is 96.4 cm³/mol. The lowest BCUT2D eigenvalue weighted by Crippen LogP contribution is -1.98. The Labute approximate surface area is 145 Å². The van der Waals surface area contributed by atoms with Gasteiger partial charge in [-0.25, -0.2) is 4.39 Å². The summed E-state index contributed by atoms with van der Waals surface area (Å²) in [4.78, 5) is 12.6. The number of halogens is 1. The van der Waals surface area contributed by atoms with E-state index in [9.17, 15) is 9.18 Å². The quantitative estimate of drug-likeness (QED) is 0.484. The highest BCUT2D eigenvalue weighted by Gasteiger charge is 2.10. The number of allylic oxidation sites excluding steroid dienone is 1. The maximum Gasteiger partial charge on any atom is 0.186 e. The molecule has 0 atom stereocenters. The van der Waals surface area contributed by atoms with Gasteiger partial charge in [0.05, 0.1) is 11.6 Å². The molecule has 0 saturated heterocycles. The van der Waals surface area contributed by atoms with Gasteiger partial charge in [-0.05, 0) is 47.0 Å². The van der Waals surface area contributed by atoms with Crippen molar-refractivity contribution in [2.24, 2.45) is 0 Å². The highest BCUT2D eigenvalue weighted by Crippen LogP contribution is 2.25. The lowest BCUT2D eigenvalue weighted by molar-refractivity contribution is 0.104. The fourth-order valence-electron chi connectivity index (χ4n) is 2.54. The van der Waals surface area contributed by atoms with E-state index in [4.69, 9.17) is 5.26 Å². The van der Waals surface area contributed by atoms with Crippen molar-refractivity contribution in [1.29, 1.82) is 5.26 Å². The standard InChI is InChI=1S/C22H14FNO/c23-19-5-3-4-18(14-19)20-6-1-2-7-21(20)22(25)13-12-16-8-10-17(15-24)11-9-16/h1-14H. The fourth-order valence-corrected chi connectivity index (χ4v) is 2.54. The summed E-state index contributed by atoms with van der Waals surface area (Å²) in [5.74, 6) is -0.503. The van der Waals surface area contributed by atoms with Gasteiger partial charge in [0.1, 0.15) is 5.82 Å². The largest absolute Gasteiger partial charge is 0.289 e. The third-order valence-electron chi connectivity index (χ3n) is 3.80. The summed E-state index contributed by atoms with van der Waals surface area (Å²) in [5.41, 5.74) is 3.26. The van der Waals surface area contributed by atoms with Crippen LogP contribution in [0, 0.1) is 17.1 Å². The molecule has 0 aliphatic rings. The van der Waals surface area contributed by atoms with E-state index in [-0.39, 0.29) is 11.6 Å². The molecule has 0 bridgehead atoms. The molecule has 3 aromatic rings. The lowest BCUT2D eigenvalue weighted by Gasteiger charge is -2.07. The first-order valence-corrected chi connectivity index (χ1v) is 7.75. The van der Waals surface area contributed by atoms with Crippen LogP contribution in [-0.2, 0) is 0 Å². The molecule has 120 valence electrons. The zero-order chi connectivity index (χ0) is 17.6. The Morgan fingerprint density at radius 3 is 2.44 bits per heavy atom. The van der Waals surface area contributed by atoms with E-state index < -0.39 is 0 Å². The molecule has 3 aromatic carbocycles. The van der Waals surface area contributed by atoms with Crippen molar-refractivity contribution in [1.82, 2.24) is 0 Å². The molecular weight excluding hydrogens is 313 g/mol. The Morgan fingerprint density at radius 1 is 0.960 bits per heavy atom. The minimum absolute atomic E-state index is 0.163.